The summed E-state index contributed by atoms with van der Waals surface area (Å²) in [5, 5.41) is 0.339. The fourth-order valence-corrected chi connectivity index (χ4v) is 5.80. The predicted octanol–water partition coefficient (Wildman–Crippen LogP) is 1.45. The molecule has 0 radical (unpaired) electrons. The highest BCUT2D eigenvalue weighted by Gasteiger charge is 2.49. The molecule has 136 valence electrons. The van der Waals surface area contributed by atoms with Crippen molar-refractivity contribution in [2.45, 2.75) is 25.9 Å². The number of amides is 2. The van der Waals surface area contributed by atoms with Crippen LogP contribution in [0.2, 0.25) is 5.02 Å². The van der Waals surface area contributed by atoms with Gasteiger partial charge in [-0.1, -0.05) is 37.6 Å². The van der Waals surface area contributed by atoms with Gasteiger partial charge in [-0.15, -0.1) is 0 Å². The average molecular weight is 385 g/mol. The van der Waals surface area contributed by atoms with E-state index < -0.39 is 21.9 Å². The molecular weight excluding hydrogens is 364 g/mol. The van der Waals surface area contributed by atoms with Gasteiger partial charge in [0.15, 0.2) is 9.84 Å². The molecular formula is C17H21ClN2O4S. The normalized spacial score (nSPS) is 25.1. The number of fused-ring (bicyclic) bond motifs is 1. The van der Waals surface area contributed by atoms with Crippen LogP contribution in [-0.4, -0.2) is 66.7 Å². The summed E-state index contributed by atoms with van der Waals surface area (Å²) < 4.78 is 24.4. The Kier molecular flexibility index (Phi) is 4.81. The molecule has 2 atom stereocenters. The first-order chi connectivity index (χ1) is 11.7. The molecule has 2 amide bonds. The van der Waals surface area contributed by atoms with Gasteiger partial charge in [-0.25, -0.2) is 8.42 Å². The van der Waals surface area contributed by atoms with Gasteiger partial charge in [-0.05, 0) is 12.1 Å². The highest BCUT2D eigenvalue weighted by atomic mass is 35.5. The second-order valence-corrected chi connectivity index (χ2v) is 9.44. The maximum atomic E-state index is 12.9. The molecule has 1 aromatic carbocycles. The average Bonchev–Trinajstić information content (AvgIpc) is 2.87. The quantitative estimate of drug-likeness (QED) is 0.773. The van der Waals surface area contributed by atoms with E-state index in [1.165, 1.54) is 0 Å². The number of hydrogen-bond acceptors (Lipinski definition) is 4. The van der Waals surface area contributed by atoms with Crippen molar-refractivity contribution in [1.82, 2.24) is 9.80 Å². The van der Waals surface area contributed by atoms with Crippen LogP contribution < -0.4 is 0 Å². The van der Waals surface area contributed by atoms with E-state index in [1.54, 1.807) is 47.9 Å². The first-order valence-electron chi connectivity index (χ1n) is 8.27. The zero-order chi connectivity index (χ0) is 18.4. The van der Waals surface area contributed by atoms with Crippen molar-refractivity contribution in [3.63, 3.8) is 0 Å². The molecule has 0 spiro atoms. The van der Waals surface area contributed by atoms with E-state index in [0.29, 0.717) is 23.7 Å². The monoisotopic (exact) mass is 384 g/mol. The molecule has 2 saturated heterocycles. The number of carbonyl (C=O) groups is 2. The standard InChI is InChI=1S/C17H21ClN2O4S/c1-11(2)16(21)19-7-8-20(15-10-25(23,24)9-14(15)19)17(22)12-5-3-4-6-13(12)18/h3-6,11,14-15H,7-10H2,1-2H3/t14-,15+/m0/s1. The van der Waals surface area contributed by atoms with E-state index in [0.717, 1.165) is 0 Å². The fourth-order valence-electron chi connectivity index (χ4n) is 3.60. The first-order valence-corrected chi connectivity index (χ1v) is 10.5. The van der Waals surface area contributed by atoms with Crippen LogP contribution in [0.15, 0.2) is 24.3 Å². The topological polar surface area (TPSA) is 74.8 Å². The molecule has 3 rings (SSSR count). The van der Waals surface area contributed by atoms with Gasteiger partial charge in [0.05, 0.1) is 34.2 Å². The van der Waals surface area contributed by atoms with Crippen LogP contribution in [0.1, 0.15) is 24.2 Å². The summed E-state index contributed by atoms with van der Waals surface area (Å²) in [5.41, 5.74) is 0.357. The minimum Gasteiger partial charge on any atom is -0.335 e. The van der Waals surface area contributed by atoms with Gasteiger partial charge in [0, 0.05) is 19.0 Å². The van der Waals surface area contributed by atoms with Gasteiger partial charge in [-0.3, -0.25) is 9.59 Å². The van der Waals surface area contributed by atoms with Crippen molar-refractivity contribution < 1.29 is 18.0 Å². The zero-order valence-corrected chi connectivity index (χ0v) is 15.8. The number of rotatable bonds is 2. The van der Waals surface area contributed by atoms with Crippen molar-refractivity contribution in [3.8, 4) is 0 Å². The van der Waals surface area contributed by atoms with Crippen molar-refractivity contribution in [3.05, 3.63) is 34.9 Å². The second-order valence-electron chi connectivity index (χ2n) is 6.88. The Hall–Kier alpha value is -1.60. The van der Waals surface area contributed by atoms with Crippen LogP contribution in [0.5, 0.6) is 0 Å². The molecule has 0 aromatic heterocycles. The van der Waals surface area contributed by atoms with Crippen LogP contribution in [-0.2, 0) is 14.6 Å². The lowest BCUT2D eigenvalue weighted by Gasteiger charge is -2.44. The van der Waals surface area contributed by atoms with E-state index in [9.17, 15) is 18.0 Å². The maximum Gasteiger partial charge on any atom is 0.255 e. The summed E-state index contributed by atoms with van der Waals surface area (Å²) in [7, 11) is -3.30. The maximum absolute atomic E-state index is 12.9. The molecule has 0 unspecified atom stereocenters. The Balaban J connectivity index is 1.93. The summed E-state index contributed by atoms with van der Waals surface area (Å²) in [5.74, 6) is -0.779. The van der Waals surface area contributed by atoms with E-state index in [2.05, 4.69) is 0 Å². The lowest BCUT2D eigenvalue weighted by atomic mass is 10.0. The fraction of sp³-hybridized carbons (Fsp3) is 0.529. The Morgan fingerprint density at radius 1 is 1.08 bits per heavy atom. The summed E-state index contributed by atoms with van der Waals surface area (Å²) in [4.78, 5) is 28.6. The molecule has 8 heteroatoms. The van der Waals surface area contributed by atoms with E-state index >= 15 is 0 Å². The summed E-state index contributed by atoms with van der Waals surface area (Å²) in [6.45, 7) is 4.23. The number of sulfone groups is 1. The Morgan fingerprint density at radius 2 is 1.64 bits per heavy atom. The number of nitrogens with zero attached hydrogens (tertiary/aromatic N) is 2. The van der Waals surface area contributed by atoms with Gasteiger partial charge >= 0.3 is 0 Å². The summed E-state index contributed by atoms with van der Waals surface area (Å²) in [6, 6.07) is 5.72. The molecule has 1 aromatic rings. The van der Waals surface area contributed by atoms with Crippen molar-refractivity contribution >= 4 is 33.3 Å². The van der Waals surface area contributed by atoms with Gasteiger partial charge < -0.3 is 9.80 Å². The minimum absolute atomic E-state index is 0.0723. The van der Waals surface area contributed by atoms with Crippen molar-refractivity contribution in [1.29, 1.82) is 0 Å². The lowest BCUT2D eigenvalue weighted by molar-refractivity contribution is -0.139. The molecule has 2 aliphatic heterocycles. The third-order valence-corrected chi connectivity index (χ3v) is 6.85. The summed E-state index contributed by atoms with van der Waals surface area (Å²) >= 11 is 6.13. The third kappa shape index (κ3) is 3.40. The molecule has 2 heterocycles. The lowest BCUT2D eigenvalue weighted by Crippen LogP contribution is -2.62. The predicted molar refractivity (Wildman–Crippen MR) is 95.3 cm³/mol. The molecule has 6 nitrogen and oxygen atoms in total. The van der Waals surface area contributed by atoms with Gasteiger partial charge in [0.2, 0.25) is 5.91 Å². The largest absolute Gasteiger partial charge is 0.335 e. The van der Waals surface area contributed by atoms with Crippen LogP contribution in [0.25, 0.3) is 0 Å². The molecule has 0 N–H and O–H groups in total. The Labute approximate surface area is 152 Å². The summed E-state index contributed by atoms with van der Waals surface area (Å²) in [6.07, 6.45) is 0. The molecule has 2 aliphatic rings. The number of benzene rings is 1. The highest BCUT2D eigenvalue weighted by Crippen LogP contribution is 2.30. The van der Waals surface area contributed by atoms with Crippen LogP contribution in [0.3, 0.4) is 0 Å². The van der Waals surface area contributed by atoms with E-state index in [1.807, 2.05) is 0 Å². The van der Waals surface area contributed by atoms with Gasteiger partial charge in [-0.2, -0.15) is 0 Å². The van der Waals surface area contributed by atoms with Crippen molar-refractivity contribution in [2.75, 3.05) is 24.6 Å². The highest BCUT2D eigenvalue weighted by molar-refractivity contribution is 7.91. The van der Waals surface area contributed by atoms with Crippen LogP contribution >= 0.6 is 11.6 Å². The number of hydrogen-bond donors (Lipinski definition) is 0. The van der Waals surface area contributed by atoms with Gasteiger partial charge in [0.25, 0.3) is 5.91 Å². The Morgan fingerprint density at radius 3 is 2.24 bits per heavy atom. The molecule has 2 fully saturated rings. The van der Waals surface area contributed by atoms with E-state index in [4.69, 9.17) is 11.6 Å². The number of carbonyl (C=O) groups excluding carboxylic acids is 2. The smallest absolute Gasteiger partial charge is 0.255 e. The molecule has 0 saturated carbocycles. The van der Waals surface area contributed by atoms with Gasteiger partial charge in [0.1, 0.15) is 0 Å². The third-order valence-electron chi connectivity index (χ3n) is 4.82. The van der Waals surface area contributed by atoms with Crippen LogP contribution in [0, 0.1) is 5.92 Å². The second kappa shape index (κ2) is 6.61. The molecule has 0 bridgehead atoms. The first kappa shape index (κ1) is 18.2. The van der Waals surface area contributed by atoms with Crippen molar-refractivity contribution in [2.24, 2.45) is 5.92 Å². The Bertz CT molecular complexity index is 809. The molecule has 0 aliphatic carbocycles. The number of halogens is 1. The zero-order valence-electron chi connectivity index (χ0n) is 14.2. The van der Waals surface area contributed by atoms with E-state index in [-0.39, 0.29) is 29.2 Å². The SMILES string of the molecule is CC(C)C(=O)N1CCN(C(=O)c2ccccc2Cl)[C@@H]2CS(=O)(=O)C[C@@H]21. The van der Waals surface area contributed by atoms with Crippen LogP contribution in [0.4, 0.5) is 0 Å². The molecule has 25 heavy (non-hydrogen) atoms. The number of piperazine rings is 1. The minimum atomic E-state index is -3.30.